The van der Waals surface area contributed by atoms with Crippen LogP contribution in [-0.2, 0) is 4.84 Å². The molecule has 0 atom stereocenters. The zero-order valence-electron chi connectivity index (χ0n) is 5.88. The SMILES string of the molecule is FC(F)(F)CON1C=CC=NN1. The average molecular weight is 181 g/mol. The van der Waals surface area contributed by atoms with Crippen LogP contribution in [0.25, 0.3) is 0 Å². The van der Waals surface area contributed by atoms with Crippen molar-refractivity contribution in [2.45, 2.75) is 6.18 Å². The number of rotatable bonds is 2. The highest BCUT2D eigenvalue weighted by Crippen LogP contribution is 2.14. The third-order valence-electron chi connectivity index (χ3n) is 0.906. The molecule has 1 rings (SSSR count). The van der Waals surface area contributed by atoms with Crippen molar-refractivity contribution in [3.05, 3.63) is 12.3 Å². The summed E-state index contributed by atoms with van der Waals surface area (Å²) in [4.78, 5) is 4.24. The van der Waals surface area contributed by atoms with Gasteiger partial charge in [-0.1, -0.05) is 0 Å². The van der Waals surface area contributed by atoms with Crippen molar-refractivity contribution in [1.29, 1.82) is 0 Å². The molecule has 1 aliphatic rings. The van der Waals surface area contributed by atoms with E-state index >= 15 is 0 Å². The van der Waals surface area contributed by atoms with Gasteiger partial charge in [0.15, 0.2) is 6.61 Å². The fraction of sp³-hybridized carbons (Fsp3) is 0.400. The summed E-state index contributed by atoms with van der Waals surface area (Å²) in [6, 6.07) is 0. The Morgan fingerprint density at radius 2 is 2.25 bits per heavy atom. The van der Waals surface area contributed by atoms with Crippen LogP contribution in [0.15, 0.2) is 17.4 Å². The molecule has 1 heterocycles. The third-order valence-corrected chi connectivity index (χ3v) is 0.906. The highest BCUT2D eigenvalue weighted by Gasteiger charge is 2.29. The molecule has 0 saturated carbocycles. The predicted octanol–water partition coefficient (Wildman–Crippen LogP) is 0.800. The summed E-state index contributed by atoms with van der Waals surface area (Å²) in [5, 5.41) is 4.20. The van der Waals surface area contributed by atoms with Crippen LogP contribution in [0.5, 0.6) is 0 Å². The standard InChI is InChI=1S/C5H6F3N3O/c6-5(7,8)4-12-11-3-1-2-9-10-11/h1-3,10H,4H2. The van der Waals surface area contributed by atoms with E-state index in [2.05, 4.69) is 15.5 Å². The van der Waals surface area contributed by atoms with Crippen LogP contribution in [0.3, 0.4) is 0 Å². The second-order valence-corrected chi connectivity index (χ2v) is 1.93. The molecule has 0 aromatic rings. The van der Waals surface area contributed by atoms with Crippen LogP contribution >= 0.6 is 0 Å². The molecule has 0 aromatic heterocycles. The van der Waals surface area contributed by atoms with Gasteiger partial charge in [-0.15, -0.1) is 0 Å². The van der Waals surface area contributed by atoms with Gasteiger partial charge in [0.25, 0.3) is 0 Å². The maximum atomic E-state index is 11.6. The van der Waals surface area contributed by atoms with Gasteiger partial charge in [-0.25, -0.2) is 4.84 Å². The van der Waals surface area contributed by atoms with E-state index in [9.17, 15) is 13.2 Å². The van der Waals surface area contributed by atoms with E-state index in [0.29, 0.717) is 0 Å². The molecule has 0 aliphatic carbocycles. The van der Waals surface area contributed by atoms with Gasteiger partial charge in [0.05, 0.1) is 12.4 Å². The van der Waals surface area contributed by atoms with E-state index in [1.54, 1.807) is 0 Å². The molecule has 0 bridgehead atoms. The Morgan fingerprint density at radius 1 is 1.50 bits per heavy atom. The number of nitrogens with one attached hydrogen (secondary N) is 1. The van der Waals surface area contributed by atoms with Crippen LogP contribution < -0.4 is 5.53 Å². The monoisotopic (exact) mass is 181 g/mol. The zero-order chi connectivity index (χ0) is 9.03. The highest BCUT2D eigenvalue weighted by atomic mass is 19.4. The smallest absolute Gasteiger partial charge is 0.243 e. The lowest BCUT2D eigenvalue weighted by atomic mass is 10.6. The summed E-state index contributed by atoms with van der Waals surface area (Å²) in [6.45, 7) is -1.35. The van der Waals surface area contributed by atoms with Crippen molar-refractivity contribution >= 4 is 6.21 Å². The largest absolute Gasteiger partial charge is 0.414 e. The van der Waals surface area contributed by atoms with Gasteiger partial charge in [-0.3, -0.25) is 0 Å². The summed E-state index contributed by atoms with van der Waals surface area (Å²) < 4.78 is 34.7. The van der Waals surface area contributed by atoms with Crippen molar-refractivity contribution in [3.8, 4) is 0 Å². The van der Waals surface area contributed by atoms with Crippen LogP contribution in [0, 0.1) is 0 Å². The molecule has 0 radical (unpaired) electrons. The molecular weight excluding hydrogens is 175 g/mol. The average Bonchev–Trinajstić information content (AvgIpc) is 2.02. The van der Waals surface area contributed by atoms with Gasteiger partial charge >= 0.3 is 6.18 Å². The molecule has 4 nitrogen and oxygen atoms in total. The lowest BCUT2D eigenvalue weighted by Gasteiger charge is -2.20. The number of hydroxylamine groups is 1. The van der Waals surface area contributed by atoms with Gasteiger partial charge in [-0.05, 0) is 6.08 Å². The third kappa shape index (κ3) is 3.24. The molecule has 1 aliphatic heterocycles. The first kappa shape index (κ1) is 8.85. The molecule has 0 amide bonds. The van der Waals surface area contributed by atoms with Crippen LogP contribution in [0.2, 0.25) is 0 Å². The maximum Gasteiger partial charge on any atom is 0.414 e. The Bertz CT molecular complexity index is 201. The first-order valence-corrected chi connectivity index (χ1v) is 3.02. The molecule has 0 unspecified atom stereocenters. The molecule has 0 saturated heterocycles. The number of allylic oxidation sites excluding steroid dienone is 1. The quantitative estimate of drug-likeness (QED) is 0.684. The lowest BCUT2D eigenvalue weighted by molar-refractivity contribution is -0.251. The number of hydrazone groups is 1. The molecule has 12 heavy (non-hydrogen) atoms. The van der Waals surface area contributed by atoms with Crippen molar-refractivity contribution in [3.63, 3.8) is 0 Å². The minimum Gasteiger partial charge on any atom is -0.243 e. The normalized spacial score (nSPS) is 16.4. The first-order valence-electron chi connectivity index (χ1n) is 3.02. The van der Waals surface area contributed by atoms with E-state index in [1.165, 1.54) is 18.5 Å². The zero-order valence-corrected chi connectivity index (χ0v) is 5.88. The predicted molar refractivity (Wildman–Crippen MR) is 34.6 cm³/mol. The van der Waals surface area contributed by atoms with E-state index in [4.69, 9.17) is 0 Å². The highest BCUT2D eigenvalue weighted by molar-refractivity contribution is 5.70. The van der Waals surface area contributed by atoms with Gasteiger partial charge in [0, 0.05) is 0 Å². The van der Waals surface area contributed by atoms with E-state index in [1.807, 2.05) is 0 Å². The molecule has 7 heteroatoms. The topological polar surface area (TPSA) is 36.9 Å². The fourth-order valence-electron chi connectivity index (χ4n) is 0.498. The number of hydrogen-bond acceptors (Lipinski definition) is 4. The number of hydrazine groups is 1. The van der Waals surface area contributed by atoms with Crippen molar-refractivity contribution in [2.75, 3.05) is 6.61 Å². The number of halogens is 3. The number of alkyl halides is 3. The summed E-state index contributed by atoms with van der Waals surface area (Å²) >= 11 is 0. The second kappa shape index (κ2) is 3.44. The number of hydrogen-bond donors (Lipinski definition) is 1. The summed E-state index contributed by atoms with van der Waals surface area (Å²) in [5.41, 5.74) is 2.19. The van der Waals surface area contributed by atoms with E-state index in [0.717, 1.165) is 5.17 Å². The molecular formula is C5H6F3N3O. The Morgan fingerprint density at radius 3 is 2.75 bits per heavy atom. The molecule has 1 N–H and O–H groups in total. The summed E-state index contributed by atoms with van der Waals surface area (Å²) in [6.07, 6.45) is -0.240. The van der Waals surface area contributed by atoms with Crippen LogP contribution in [0.4, 0.5) is 13.2 Å². The summed E-state index contributed by atoms with van der Waals surface area (Å²) in [7, 11) is 0. The Labute approximate surface area is 66.2 Å². The Hall–Kier alpha value is -1.24. The van der Waals surface area contributed by atoms with Gasteiger partial charge in [0.2, 0.25) is 0 Å². The Kier molecular flexibility index (Phi) is 2.54. The van der Waals surface area contributed by atoms with Crippen molar-refractivity contribution in [2.24, 2.45) is 5.10 Å². The van der Waals surface area contributed by atoms with Crippen molar-refractivity contribution in [1.82, 2.24) is 10.7 Å². The molecule has 0 aromatic carbocycles. The minimum absolute atomic E-state index is 0.771. The van der Waals surface area contributed by atoms with Crippen LogP contribution in [0.1, 0.15) is 0 Å². The van der Waals surface area contributed by atoms with Gasteiger partial charge in [-0.2, -0.15) is 29.0 Å². The van der Waals surface area contributed by atoms with Crippen LogP contribution in [-0.4, -0.2) is 24.2 Å². The lowest BCUT2D eigenvalue weighted by Crippen LogP contribution is -2.34. The van der Waals surface area contributed by atoms with Gasteiger partial charge < -0.3 is 0 Å². The molecule has 0 spiro atoms. The Balaban J connectivity index is 2.24. The van der Waals surface area contributed by atoms with Gasteiger partial charge in [0.1, 0.15) is 0 Å². The second-order valence-electron chi connectivity index (χ2n) is 1.93. The van der Waals surface area contributed by atoms with E-state index in [-0.39, 0.29) is 0 Å². The maximum absolute atomic E-state index is 11.6. The number of nitrogens with zero attached hydrogens (tertiary/aromatic N) is 2. The first-order chi connectivity index (χ1) is 5.58. The molecule has 68 valence electrons. The van der Waals surface area contributed by atoms with E-state index < -0.39 is 12.8 Å². The van der Waals surface area contributed by atoms with Crippen molar-refractivity contribution < 1.29 is 18.0 Å². The minimum atomic E-state index is -4.34. The summed E-state index contributed by atoms with van der Waals surface area (Å²) in [5.74, 6) is 0. The molecule has 0 fully saturated rings. The fourth-order valence-corrected chi connectivity index (χ4v) is 0.498.